The van der Waals surface area contributed by atoms with Gasteiger partial charge in [0.2, 0.25) is 0 Å². The Labute approximate surface area is 217 Å². The Morgan fingerprint density at radius 2 is 1.54 bits per heavy atom. The van der Waals surface area contributed by atoms with E-state index in [1.54, 1.807) is 61.7 Å². The van der Waals surface area contributed by atoms with Crippen molar-refractivity contribution in [1.82, 2.24) is 0 Å². The van der Waals surface area contributed by atoms with Crippen LogP contribution in [0, 0.1) is 0 Å². The average Bonchev–Trinajstić information content (AvgIpc) is 2.88. The Morgan fingerprint density at radius 3 is 2.17 bits per heavy atom. The Kier molecular flexibility index (Phi) is 7.69. The van der Waals surface area contributed by atoms with Gasteiger partial charge in [-0.05, 0) is 42.5 Å². The molecule has 0 unspecified atom stereocenters. The van der Waals surface area contributed by atoms with Crippen LogP contribution in [0.25, 0.3) is 10.8 Å². The van der Waals surface area contributed by atoms with E-state index >= 15 is 0 Å². The molecule has 0 atom stereocenters. The summed E-state index contributed by atoms with van der Waals surface area (Å²) in [4.78, 5) is 12.6. The van der Waals surface area contributed by atoms with Gasteiger partial charge in [0, 0.05) is 15.2 Å². The third kappa shape index (κ3) is 5.17. The van der Waals surface area contributed by atoms with Gasteiger partial charge in [0.15, 0.2) is 0 Å². The first-order valence-electron chi connectivity index (χ1n) is 10.5. The van der Waals surface area contributed by atoms with E-state index in [1.165, 1.54) is 23.2 Å². The normalized spacial score (nSPS) is 11.3. The molecule has 0 aliphatic carbocycles. The predicted octanol–water partition coefficient (Wildman–Crippen LogP) is 6.40. The lowest BCUT2D eigenvalue weighted by Crippen LogP contribution is -2.26. The van der Waals surface area contributed by atoms with Crippen molar-refractivity contribution in [2.45, 2.75) is 9.79 Å². The Hall–Kier alpha value is -3.01. The molecule has 0 fully saturated rings. The lowest BCUT2D eigenvalue weighted by atomic mass is 10.1. The van der Waals surface area contributed by atoms with Gasteiger partial charge in [-0.25, -0.2) is 12.7 Å². The van der Waals surface area contributed by atoms with E-state index in [1.807, 2.05) is 30.3 Å². The number of esters is 1. The zero-order valence-corrected chi connectivity index (χ0v) is 22.2. The summed E-state index contributed by atoms with van der Waals surface area (Å²) in [7, 11) is -1.14. The van der Waals surface area contributed by atoms with Crippen LogP contribution >= 0.6 is 27.7 Å². The first-order valence-corrected chi connectivity index (χ1v) is 13.7. The van der Waals surface area contributed by atoms with Gasteiger partial charge >= 0.3 is 5.97 Å². The van der Waals surface area contributed by atoms with Crippen LogP contribution in [0.1, 0.15) is 0 Å². The summed E-state index contributed by atoms with van der Waals surface area (Å²) in [6, 6.07) is 24.6. The highest BCUT2D eigenvalue weighted by molar-refractivity contribution is 9.10. The topological polar surface area (TPSA) is 72.9 Å². The molecule has 0 aromatic heterocycles. The highest BCUT2D eigenvalue weighted by atomic mass is 79.9. The van der Waals surface area contributed by atoms with Gasteiger partial charge < -0.3 is 9.47 Å². The first-order chi connectivity index (χ1) is 16.9. The summed E-state index contributed by atoms with van der Waals surface area (Å²) in [5.74, 6) is 0.219. The van der Waals surface area contributed by atoms with Crippen molar-refractivity contribution >= 4 is 65.8 Å². The van der Waals surface area contributed by atoms with E-state index < -0.39 is 16.0 Å². The predicted molar refractivity (Wildman–Crippen MR) is 143 cm³/mol. The molecule has 180 valence electrons. The third-order valence-electron chi connectivity index (χ3n) is 5.28. The van der Waals surface area contributed by atoms with Gasteiger partial charge in [0.1, 0.15) is 5.75 Å². The first kappa shape index (κ1) is 25.1. The number of carbonyl (C=O) groups is 1. The Bertz CT molecular complexity index is 1460. The number of benzene rings is 4. The summed E-state index contributed by atoms with van der Waals surface area (Å²) in [6.07, 6.45) is 0. The molecule has 0 aliphatic heterocycles. The third-order valence-corrected chi connectivity index (χ3v) is 8.56. The minimum Gasteiger partial charge on any atom is -0.495 e. The molecule has 0 saturated carbocycles. The van der Waals surface area contributed by atoms with Crippen LogP contribution in [-0.4, -0.2) is 34.4 Å². The summed E-state index contributed by atoms with van der Waals surface area (Å²) in [5.41, 5.74) is 0.928. The number of thioether (sulfide) groups is 1. The van der Waals surface area contributed by atoms with Crippen LogP contribution < -0.4 is 9.04 Å². The second-order valence-corrected chi connectivity index (χ2v) is 11.1. The fourth-order valence-electron chi connectivity index (χ4n) is 3.67. The molecule has 0 N–H and O–H groups in total. The number of methoxy groups -OCH3 is 2. The number of sulfonamides is 1. The number of hydrogen-bond acceptors (Lipinski definition) is 6. The zero-order valence-electron chi connectivity index (χ0n) is 19.0. The Morgan fingerprint density at radius 1 is 0.914 bits per heavy atom. The molecule has 0 amide bonds. The van der Waals surface area contributed by atoms with E-state index in [2.05, 4.69) is 15.9 Å². The van der Waals surface area contributed by atoms with E-state index in [9.17, 15) is 13.2 Å². The maximum absolute atomic E-state index is 14.1. The SMILES string of the molecule is COC(=O)CSc1cc(N(c2ccccc2)S(=O)(=O)c2ccc(Br)cc2)c2ccccc2c1OC. The fourth-order valence-corrected chi connectivity index (χ4v) is 6.34. The zero-order chi connectivity index (χ0) is 25.0. The van der Waals surface area contributed by atoms with Crippen LogP contribution in [0.2, 0.25) is 0 Å². The standard InChI is InChI=1S/C26H22BrNO5S2/c1-32-25(29)17-34-24-16-23(21-10-6-7-11-22(21)26(24)33-2)28(19-8-4-3-5-9-19)35(30,31)20-14-12-18(27)13-15-20/h3-16H,17H2,1-2H3. The maximum Gasteiger partial charge on any atom is 0.315 e. The number of hydrogen-bond donors (Lipinski definition) is 0. The molecule has 35 heavy (non-hydrogen) atoms. The van der Waals surface area contributed by atoms with Crippen molar-refractivity contribution in [2.24, 2.45) is 0 Å². The molecule has 0 radical (unpaired) electrons. The number of halogens is 1. The van der Waals surface area contributed by atoms with Crippen LogP contribution in [0.3, 0.4) is 0 Å². The molecule has 0 spiro atoms. The highest BCUT2D eigenvalue weighted by Gasteiger charge is 2.29. The molecule has 0 saturated heterocycles. The van der Waals surface area contributed by atoms with Crippen LogP contribution in [0.5, 0.6) is 5.75 Å². The molecule has 6 nitrogen and oxygen atoms in total. The van der Waals surface area contributed by atoms with E-state index in [4.69, 9.17) is 9.47 Å². The van der Waals surface area contributed by atoms with Crippen LogP contribution in [0.4, 0.5) is 11.4 Å². The average molecular weight is 573 g/mol. The summed E-state index contributed by atoms with van der Waals surface area (Å²) >= 11 is 4.60. The quantitative estimate of drug-likeness (QED) is 0.180. The van der Waals surface area contributed by atoms with Crippen molar-refractivity contribution < 1.29 is 22.7 Å². The fraction of sp³-hybridized carbons (Fsp3) is 0.115. The van der Waals surface area contributed by atoms with Crippen molar-refractivity contribution in [3.05, 3.63) is 89.4 Å². The molecule has 4 rings (SSSR count). The van der Waals surface area contributed by atoms with Crippen molar-refractivity contribution in [3.63, 3.8) is 0 Å². The Balaban J connectivity index is 2.01. The van der Waals surface area contributed by atoms with Gasteiger partial charge in [-0.15, -0.1) is 11.8 Å². The molecular weight excluding hydrogens is 550 g/mol. The number of ether oxygens (including phenoxy) is 2. The van der Waals surface area contributed by atoms with E-state index in [-0.39, 0.29) is 10.6 Å². The molecule has 9 heteroatoms. The van der Waals surface area contributed by atoms with Gasteiger partial charge in [0.25, 0.3) is 10.0 Å². The number of rotatable bonds is 8. The van der Waals surface area contributed by atoms with E-state index in [0.717, 1.165) is 9.86 Å². The van der Waals surface area contributed by atoms with Gasteiger partial charge in [0.05, 0.1) is 41.1 Å². The summed E-state index contributed by atoms with van der Waals surface area (Å²) in [6.45, 7) is 0. The largest absolute Gasteiger partial charge is 0.495 e. The molecule has 0 bridgehead atoms. The van der Waals surface area contributed by atoms with Gasteiger partial charge in [-0.1, -0.05) is 58.4 Å². The smallest absolute Gasteiger partial charge is 0.315 e. The lowest BCUT2D eigenvalue weighted by molar-refractivity contribution is -0.137. The lowest BCUT2D eigenvalue weighted by Gasteiger charge is -2.27. The van der Waals surface area contributed by atoms with Crippen molar-refractivity contribution in [1.29, 1.82) is 0 Å². The van der Waals surface area contributed by atoms with Crippen LogP contribution in [0.15, 0.2) is 99.2 Å². The van der Waals surface area contributed by atoms with Gasteiger partial charge in [-0.3, -0.25) is 4.79 Å². The monoisotopic (exact) mass is 571 g/mol. The molecular formula is C26H22BrNO5S2. The second-order valence-electron chi connectivity index (χ2n) is 7.40. The maximum atomic E-state index is 14.1. The molecule has 0 aliphatic rings. The molecule has 0 heterocycles. The number of nitrogens with zero attached hydrogens (tertiary/aromatic N) is 1. The number of para-hydroxylation sites is 1. The summed E-state index contributed by atoms with van der Waals surface area (Å²) < 4.78 is 40.7. The van der Waals surface area contributed by atoms with Crippen molar-refractivity contribution in [2.75, 3.05) is 24.3 Å². The second kappa shape index (κ2) is 10.7. The highest BCUT2D eigenvalue weighted by Crippen LogP contribution is 2.45. The minimum absolute atomic E-state index is 0.0510. The van der Waals surface area contributed by atoms with Crippen molar-refractivity contribution in [3.8, 4) is 5.75 Å². The van der Waals surface area contributed by atoms with Crippen LogP contribution in [-0.2, 0) is 19.6 Å². The minimum atomic E-state index is -4.02. The van der Waals surface area contributed by atoms with E-state index in [0.29, 0.717) is 27.4 Å². The molecule has 4 aromatic carbocycles. The number of anilines is 2. The summed E-state index contributed by atoms with van der Waals surface area (Å²) in [5, 5.41) is 1.42. The number of carbonyl (C=O) groups excluding carboxylic acids is 1. The van der Waals surface area contributed by atoms with Gasteiger partial charge in [-0.2, -0.15) is 0 Å². The number of fused-ring (bicyclic) bond motifs is 1. The molecule has 4 aromatic rings.